The molecule has 1 heterocycles. The van der Waals surface area contributed by atoms with Crippen molar-refractivity contribution in [1.29, 1.82) is 5.26 Å². The number of aromatic nitrogens is 2. The number of aryl methyl sites for hydroxylation is 1. The maximum Gasteiger partial charge on any atom is 0.143 e. The van der Waals surface area contributed by atoms with Crippen LogP contribution in [0.15, 0.2) is 18.3 Å². The zero-order chi connectivity index (χ0) is 9.42. The molecule has 2 aromatic rings. The Kier molecular flexibility index (Phi) is 1.52. The minimum Gasteiger partial charge on any atom is -0.266 e. The molecule has 64 valence electrons. The Morgan fingerprint density at radius 3 is 3.00 bits per heavy atom. The third kappa shape index (κ3) is 0.975. The standard InChI is InChI=1S/C9H6FN3/c1-13-9-6(5-12-13)2-3-8(10)7(9)4-11/h2-3,5H,1H3. The molecule has 0 saturated heterocycles. The lowest BCUT2D eigenvalue weighted by Gasteiger charge is -1.97. The molecule has 0 atom stereocenters. The van der Waals surface area contributed by atoms with Crippen LogP contribution in [-0.4, -0.2) is 9.78 Å². The zero-order valence-electron chi connectivity index (χ0n) is 6.95. The summed E-state index contributed by atoms with van der Waals surface area (Å²) < 4.78 is 14.6. The van der Waals surface area contributed by atoms with Gasteiger partial charge in [0, 0.05) is 12.4 Å². The summed E-state index contributed by atoms with van der Waals surface area (Å²) in [6.45, 7) is 0. The maximum atomic E-state index is 13.1. The molecule has 0 radical (unpaired) electrons. The van der Waals surface area contributed by atoms with Crippen molar-refractivity contribution >= 4 is 10.9 Å². The lowest BCUT2D eigenvalue weighted by molar-refractivity contribution is 0.624. The summed E-state index contributed by atoms with van der Waals surface area (Å²) in [6, 6.07) is 4.72. The number of benzene rings is 1. The second-order valence-corrected chi connectivity index (χ2v) is 2.74. The molecule has 0 N–H and O–H groups in total. The number of hydrogen-bond acceptors (Lipinski definition) is 2. The smallest absolute Gasteiger partial charge is 0.143 e. The van der Waals surface area contributed by atoms with Gasteiger partial charge in [-0.2, -0.15) is 10.4 Å². The van der Waals surface area contributed by atoms with Crippen LogP contribution in [0.5, 0.6) is 0 Å². The number of rotatable bonds is 0. The van der Waals surface area contributed by atoms with Crippen molar-refractivity contribution in [2.24, 2.45) is 7.05 Å². The normalized spacial score (nSPS) is 10.2. The summed E-state index contributed by atoms with van der Waals surface area (Å²) in [6.07, 6.45) is 1.61. The Hall–Kier alpha value is -1.89. The van der Waals surface area contributed by atoms with E-state index < -0.39 is 5.82 Å². The summed E-state index contributed by atoms with van der Waals surface area (Å²) in [5, 5.41) is 13.5. The molecule has 4 heteroatoms. The lowest BCUT2D eigenvalue weighted by atomic mass is 10.1. The molecular weight excluding hydrogens is 169 g/mol. The molecule has 3 nitrogen and oxygen atoms in total. The van der Waals surface area contributed by atoms with Gasteiger partial charge in [-0.05, 0) is 12.1 Å². The highest BCUT2D eigenvalue weighted by molar-refractivity contribution is 5.84. The highest BCUT2D eigenvalue weighted by atomic mass is 19.1. The summed E-state index contributed by atoms with van der Waals surface area (Å²) in [7, 11) is 1.68. The van der Waals surface area contributed by atoms with Crippen molar-refractivity contribution in [2.75, 3.05) is 0 Å². The summed E-state index contributed by atoms with van der Waals surface area (Å²) in [5.74, 6) is -0.501. The first-order chi connectivity index (χ1) is 6.24. The molecule has 13 heavy (non-hydrogen) atoms. The minimum absolute atomic E-state index is 0.0532. The SMILES string of the molecule is Cn1ncc2ccc(F)c(C#N)c21. The molecule has 1 aromatic heterocycles. The van der Waals surface area contributed by atoms with Gasteiger partial charge in [0.25, 0.3) is 0 Å². The van der Waals surface area contributed by atoms with Crippen molar-refractivity contribution in [3.05, 3.63) is 29.7 Å². The number of nitrogens with zero attached hydrogens (tertiary/aromatic N) is 3. The van der Waals surface area contributed by atoms with Gasteiger partial charge in [-0.15, -0.1) is 0 Å². The van der Waals surface area contributed by atoms with Crippen LogP contribution in [0, 0.1) is 17.1 Å². The summed E-state index contributed by atoms with van der Waals surface area (Å²) in [4.78, 5) is 0. The predicted molar refractivity (Wildman–Crippen MR) is 45.4 cm³/mol. The fourth-order valence-corrected chi connectivity index (χ4v) is 1.35. The van der Waals surface area contributed by atoms with E-state index in [0.717, 1.165) is 5.39 Å². The highest BCUT2D eigenvalue weighted by Crippen LogP contribution is 2.19. The van der Waals surface area contributed by atoms with E-state index in [9.17, 15) is 4.39 Å². The largest absolute Gasteiger partial charge is 0.266 e. The molecule has 0 fully saturated rings. The average molecular weight is 175 g/mol. The van der Waals surface area contributed by atoms with E-state index in [1.807, 2.05) is 6.07 Å². The molecule has 1 aromatic carbocycles. The van der Waals surface area contributed by atoms with Gasteiger partial charge in [-0.1, -0.05) is 0 Å². The molecule has 0 bridgehead atoms. The molecule has 0 aliphatic rings. The minimum atomic E-state index is -0.501. The van der Waals surface area contributed by atoms with Gasteiger partial charge in [0.2, 0.25) is 0 Å². The van der Waals surface area contributed by atoms with E-state index in [0.29, 0.717) is 5.52 Å². The number of hydrogen-bond donors (Lipinski definition) is 0. The van der Waals surface area contributed by atoms with E-state index in [-0.39, 0.29) is 5.56 Å². The fraction of sp³-hybridized carbons (Fsp3) is 0.111. The Morgan fingerprint density at radius 1 is 1.54 bits per heavy atom. The van der Waals surface area contributed by atoms with Crippen molar-refractivity contribution in [1.82, 2.24) is 9.78 Å². The van der Waals surface area contributed by atoms with Crippen LogP contribution in [0.1, 0.15) is 5.56 Å². The summed E-state index contributed by atoms with van der Waals surface area (Å²) >= 11 is 0. The van der Waals surface area contributed by atoms with E-state index in [4.69, 9.17) is 5.26 Å². The highest BCUT2D eigenvalue weighted by Gasteiger charge is 2.09. The van der Waals surface area contributed by atoms with Crippen LogP contribution >= 0.6 is 0 Å². The van der Waals surface area contributed by atoms with Crippen LogP contribution in [0.4, 0.5) is 4.39 Å². The third-order valence-electron chi connectivity index (χ3n) is 1.96. The number of halogens is 1. The van der Waals surface area contributed by atoms with E-state index in [2.05, 4.69) is 5.10 Å². The fourth-order valence-electron chi connectivity index (χ4n) is 1.35. The Bertz CT molecular complexity index is 507. The van der Waals surface area contributed by atoms with Crippen molar-refractivity contribution in [3.63, 3.8) is 0 Å². The number of nitriles is 1. The van der Waals surface area contributed by atoms with Crippen molar-refractivity contribution in [2.45, 2.75) is 0 Å². The first-order valence-electron chi connectivity index (χ1n) is 3.74. The van der Waals surface area contributed by atoms with Crippen molar-refractivity contribution < 1.29 is 4.39 Å². The molecule has 0 spiro atoms. The molecule has 2 rings (SSSR count). The second kappa shape index (κ2) is 2.56. The molecule has 0 saturated carbocycles. The van der Waals surface area contributed by atoms with Gasteiger partial charge in [0.05, 0.1) is 11.7 Å². The first kappa shape index (κ1) is 7.74. The molecule has 0 amide bonds. The first-order valence-corrected chi connectivity index (χ1v) is 3.74. The molecular formula is C9H6FN3. The van der Waals surface area contributed by atoms with Crippen LogP contribution in [0.2, 0.25) is 0 Å². The number of fused-ring (bicyclic) bond motifs is 1. The zero-order valence-corrected chi connectivity index (χ0v) is 6.95. The quantitative estimate of drug-likeness (QED) is 0.610. The van der Waals surface area contributed by atoms with E-state index in [1.54, 1.807) is 19.3 Å². The van der Waals surface area contributed by atoms with Crippen LogP contribution in [0.3, 0.4) is 0 Å². The Labute approximate surface area is 74.0 Å². The third-order valence-corrected chi connectivity index (χ3v) is 1.96. The summed E-state index contributed by atoms with van der Waals surface area (Å²) in [5.41, 5.74) is 0.597. The topological polar surface area (TPSA) is 41.6 Å². The average Bonchev–Trinajstić information content (AvgIpc) is 2.49. The maximum absolute atomic E-state index is 13.1. The lowest BCUT2D eigenvalue weighted by Crippen LogP contribution is -1.94. The van der Waals surface area contributed by atoms with Crippen molar-refractivity contribution in [3.8, 4) is 6.07 Å². The van der Waals surface area contributed by atoms with E-state index in [1.165, 1.54) is 10.7 Å². The van der Waals surface area contributed by atoms with Gasteiger partial charge < -0.3 is 0 Å². The van der Waals surface area contributed by atoms with Crippen LogP contribution in [0.25, 0.3) is 10.9 Å². The van der Waals surface area contributed by atoms with Crippen LogP contribution in [-0.2, 0) is 7.05 Å². The van der Waals surface area contributed by atoms with Crippen LogP contribution < -0.4 is 0 Å². The van der Waals surface area contributed by atoms with E-state index >= 15 is 0 Å². The van der Waals surface area contributed by atoms with Gasteiger partial charge in [0.15, 0.2) is 0 Å². The monoisotopic (exact) mass is 175 g/mol. The Morgan fingerprint density at radius 2 is 2.31 bits per heavy atom. The second-order valence-electron chi connectivity index (χ2n) is 2.74. The Balaban J connectivity index is 2.99. The molecule has 0 aliphatic carbocycles. The van der Waals surface area contributed by atoms with Gasteiger partial charge >= 0.3 is 0 Å². The molecule has 0 unspecified atom stereocenters. The molecule has 0 aliphatic heterocycles. The van der Waals surface area contributed by atoms with Gasteiger partial charge in [0.1, 0.15) is 17.4 Å². The van der Waals surface area contributed by atoms with Gasteiger partial charge in [-0.3, -0.25) is 4.68 Å². The van der Waals surface area contributed by atoms with Gasteiger partial charge in [-0.25, -0.2) is 4.39 Å². The predicted octanol–water partition coefficient (Wildman–Crippen LogP) is 1.58.